The maximum absolute atomic E-state index is 14.3. The van der Waals surface area contributed by atoms with Crippen molar-refractivity contribution in [3.63, 3.8) is 0 Å². The maximum Gasteiger partial charge on any atom is 0.258 e. The van der Waals surface area contributed by atoms with E-state index in [1.165, 1.54) is 5.56 Å². The summed E-state index contributed by atoms with van der Waals surface area (Å²) >= 11 is 0. The lowest BCUT2D eigenvalue weighted by Gasteiger charge is -2.36. The highest BCUT2D eigenvalue weighted by molar-refractivity contribution is 5.99. The fraction of sp³-hybridized carbons (Fsp3) is 0.600. The molecule has 1 aliphatic heterocycles. The molecule has 2 amide bonds. The number of fused-ring (bicyclic) bond motifs is 1. The lowest BCUT2D eigenvalue weighted by atomic mass is 10.0. The Balaban J connectivity index is 1.87. The number of anilines is 1. The average molecular weight is 611 g/mol. The van der Waals surface area contributed by atoms with Crippen molar-refractivity contribution in [1.82, 2.24) is 14.7 Å². The smallest absolute Gasteiger partial charge is 0.258 e. The maximum atomic E-state index is 14.3. The third-order valence-electron chi connectivity index (χ3n) is 8.13. The van der Waals surface area contributed by atoms with Crippen molar-refractivity contribution in [1.29, 1.82) is 0 Å². The van der Waals surface area contributed by atoms with Crippen molar-refractivity contribution in [2.24, 2.45) is 5.92 Å². The van der Waals surface area contributed by atoms with Gasteiger partial charge in [0, 0.05) is 44.3 Å². The van der Waals surface area contributed by atoms with E-state index in [4.69, 9.17) is 9.47 Å². The van der Waals surface area contributed by atoms with E-state index >= 15 is 0 Å². The van der Waals surface area contributed by atoms with Gasteiger partial charge in [-0.25, -0.2) is 0 Å². The van der Waals surface area contributed by atoms with E-state index in [9.17, 15) is 14.7 Å². The van der Waals surface area contributed by atoms with Gasteiger partial charge in [0.1, 0.15) is 5.75 Å². The van der Waals surface area contributed by atoms with Gasteiger partial charge < -0.3 is 29.7 Å². The SMILES string of the molecule is C[C@@H]1CCCCO[C@H](CN(C)Cc2ccccc2)[C@H](C)CN([C@@H](C)CO)C(=O)c2cc(NC(=O)CCCN(C)C)ccc2O1. The highest BCUT2D eigenvalue weighted by Crippen LogP contribution is 2.28. The highest BCUT2D eigenvalue weighted by Gasteiger charge is 2.30. The number of nitrogens with one attached hydrogen (secondary N) is 1. The summed E-state index contributed by atoms with van der Waals surface area (Å²) in [4.78, 5) is 33.0. The van der Waals surface area contributed by atoms with Gasteiger partial charge in [-0.05, 0) is 91.0 Å². The van der Waals surface area contributed by atoms with E-state index in [1.807, 2.05) is 51.0 Å². The summed E-state index contributed by atoms with van der Waals surface area (Å²) in [5.41, 5.74) is 2.17. The first-order valence-electron chi connectivity index (χ1n) is 16.1. The summed E-state index contributed by atoms with van der Waals surface area (Å²) in [5, 5.41) is 13.2. The van der Waals surface area contributed by atoms with Crippen LogP contribution in [0.3, 0.4) is 0 Å². The third kappa shape index (κ3) is 11.5. The number of nitrogens with zero attached hydrogens (tertiary/aromatic N) is 3. The van der Waals surface area contributed by atoms with Crippen molar-refractivity contribution in [3.05, 3.63) is 59.7 Å². The molecule has 3 rings (SSSR count). The minimum atomic E-state index is -0.421. The number of carbonyl (C=O) groups is 2. The van der Waals surface area contributed by atoms with Crippen LogP contribution in [0.2, 0.25) is 0 Å². The summed E-state index contributed by atoms with van der Waals surface area (Å²) in [5.74, 6) is 0.154. The first kappa shape index (κ1) is 35.5. The molecule has 0 aromatic heterocycles. The van der Waals surface area contributed by atoms with Gasteiger partial charge in [0.2, 0.25) is 5.91 Å². The number of benzene rings is 2. The Kier molecular flexibility index (Phi) is 14.6. The minimum absolute atomic E-state index is 0.00279. The zero-order valence-electron chi connectivity index (χ0n) is 27.6. The highest BCUT2D eigenvalue weighted by atomic mass is 16.5. The van der Waals surface area contributed by atoms with Crippen LogP contribution in [-0.2, 0) is 16.1 Å². The number of aliphatic hydroxyl groups is 1. The molecule has 0 fully saturated rings. The van der Waals surface area contributed by atoms with Crippen LogP contribution in [-0.4, -0.2) is 104 Å². The minimum Gasteiger partial charge on any atom is -0.490 e. The van der Waals surface area contributed by atoms with E-state index in [0.717, 1.165) is 38.8 Å². The van der Waals surface area contributed by atoms with Gasteiger partial charge in [-0.15, -0.1) is 0 Å². The molecular weight excluding hydrogens is 556 g/mol. The van der Waals surface area contributed by atoms with Gasteiger partial charge in [-0.1, -0.05) is 37.3 Å². The summed E-state index contributed by atoms with van der Waals surface area (Å²) < 4.78 is 12.8. The first-order valence-corrected chi connectivity index (χ1v) is 16.1. The largest absolute Gasteiger partial charge is 0.490 e. The van der Waals surface area contributed by atoms with Gasteiger partial charge in [0.05, 0.1) is 30.4 Å². The molecule has 2 N–H and O–H groups in total. The molecule has 2 aromatic rings. The average Bonchev–Trinajstić information content (AvgIpc) is 2.98. The van der Waals surface area contributed by atoms with Gasteiger partial charge in [-0.2, -0.15) is 0 Å². The Hall–Kier alpha value is -2.98. The van der Waals surface area contributed by atoms with Crippen LogP contribution in [0.1, 0.15) is 68.8 Å². The standard InChI is InChI=1S/C35H54N4O5/c1-26-22-39(27(2)25-40)35(42)31-21-30(36-34(41)16-12-19-37(4)5)17-18-32(31)44-28(3)13-10-11-20-43-33(26)24-38(6)23-29-14-8-7-9-15-29/h7-9,14-15,17-18,21,26-28,33,40H,10-13,16,19-20,22-25H2,1-6H3,(H,36,41)/t26-,27+,28-,33-/m1/s1. The topological polar surface area (TPSA) is 94.6 Å². The number of likely N-dealkylation sites (N-methyl/N-ethyl adjacent to an activating group) is 1. The number of hydrogen-bond acceptors (Lipinski definition) is 7. The van der Waals surface area contributed by atoms with E-state index in [-0.39, 0.29) is 36.5 Å². The lowest BCUT2D eigenvalue weighted by Crippen LogP contribution is -2.47. The zero-order valence-corrected chi connectivity index (χ0v) is 27.6. The van der Waals surface area contributed by atoms with Crippen LogP contribution in [0.15, 0.2) is 48.5 Å². The molecule has 2 aromatic carbocycles. The van der Waals surface area contributed by atoms with Crippen LogP contribution in [0.5, 0.6) is 5.75 Å². The van der Waals surface area contributed by atoms with E-state index in [1.54, 1.807) is 23.1 Å². The van der Waals surface area contributed by atoms with Gasteiger partial charge in [0.15, 0.2) is 0 Å². The number of carbonyl (C=O) groups excluding carboxylic acids is 2. The number of aliphatic hydroxyl groups excluding tert-OH is 1. The fourth-order valence-electron chi connectivity index (χ4n) is 5.51. The second-order valence-electron chi connectivity index (χ2n) is 12.6. The second kappa shape index (κ2) is 18.1. The molecule has 244 valence electrons. The molecule has 0 spiro atoms. The van der Waals surface area contributed by atoms with Crippen LogP contribution in [0.25, 0.3) is 0 Å². The van der Waals surface area contributed by atoms with Crippen LogP contribution in [0.4, 0.5) is 5.69 Å². The normalized spacial score (nSPS) is 21.0. The van der Waals surface area contributed by atoms with E-state index in [2.05, 4.69) is 36.3 Å². The van der Waals surface area contributed by atoms with Crippen molar-refractivity contribution in [2.45, 2.75) is 77.7 Å². The molecule has 9 heteroatoms. The van der Waals surface area contributed by atoms with Crippen molar-refractivity contribution in [2.75, 3.05) is 59.3 Å². The molecule has 0 radical (unpaired) electrons. The molecule has 0 saturated heterocycles. The number of hydrogen-bond donors (Lipinski definition) is 2. The molecule has 44 heavy (non-hydrogen) atoms. The van der Waals surface area contributed by atoms with Crippen LogP contribution < -0.4 is 10.1 Å². The van der Waals surface area contributed by atoms with Crippen LogP contribution >= 0.6 is 0 Å². The molecular formula is C35H54N4O5. The summed E-state index contributed by atoms with van der Waals surface area (Å²) in [6.45, 7) is 9.18. The third-order valence-corrected chi connectivity index (χ3v) is 8.13. The van der Waals surface area contributed by atoms with E-state index in [0.29, 0.717) is 43.1 Å². The summed E-state index contributed by atoms with van der Waals surface area (Å²) in [7, 11) is 6.06. The molecule has 4 atom stereocenters. The Morgan fingerprint density at radius 1 is 1.11 bits per heavy atom. The molecule has 1 heterocycles. The molecule has 0 saturated carbocycles. The van der Waals surface area contributed by atoms with Gasteiger partial charge in [-0.3, -0.25) is 14.5 Å². The van der Waals surface area contributed by atoms with E-state index < -0.39 is 6.04 Å². The first-order chi connectivity index (χ1) is 21.1. The lowest BCUT2D eigenvalue weighted by molar-refractivity contribution is -0.116. The molecule has 0 aliphatic carbocycles. The zero-order chi connectivity index (χ0) is 32.1. The van der Waals surface area contributed by atoms with Gasteiger partial charge in [0.25, 0.3) is 5.91 Å². The molecule has 0 bridgehead atoms. The predicted octanol–water partition coefficient (Wildman–Crippen LogP) is 4.89. The second-order valence-corrected chi connectivity index (χ2v) is 12.6. The number of ether oxygens (including phenoxy) is 2. The number of rotatable bonds is 11. The molecule has 0 unspecified atom stereocenters. The Bertz CT molecular complexity index is 1160. The Labute approximate surface area is 264 Å². The Morgan fingerprint density at radius 3 is 2.57 bits per heavy atom. The van der Waals surface area contributed by atoms with Gasteiger partial charge >= 0.3 is 0 Å². The fourth-order valence-corrected chi connectivity index (χ4v) is 5.51. The van der Waals surface area contributed by atoms with Crippen LogP contribution in [0, 0.1) is 5.92 Å². The van der Waals surface area contributed by atoms with Crippen molar-refractivity contribution < 1.29 is 24.2 Å². The summed E-state index contributed by atoms with van der Waals surface area (Å²) in [6, 6.07) is 15.2. The quantitative estimate of drug-likeness (QED) is 0.374. The Morgan fingerprint density at radius 2 is 1.86 bits per heavy atom. The van der Waals surface area contributed by atoms with Crippen molar-refractivity contribution in [3.8, 4) is 5.75 Å². The monoisotopic (exact) mass is 610 g/mol. The molecule has 1 aliphatic rings. The molecule has 9 nitrogen and oxygen atoms in total. The van der Waals surface area contributed by atoms with Crippen molar-refractivity contribution >= 4 is 17.5 Å². The summed E-state index contributed by atoms with van der Waals surface area (Å²) in [6.07, 6.45) is 3.61. The number of amides is 2. The predicted molar refractivity (Wildman–Crippen MR) is 176 cm³/mol.